The molecule has 1 amide bonds. The van der Waals surface area contributed by atoms with Crippen molar-refractivity contribution in [1.82, 2.24) is 10.3 Å². The number of halogens is 2. The summed E-state index contributed by atoms with van der Waals surface area (Å²) in [7, 11) is 1.35. The van der Waals surface area contributed by atoms with Gasteiger partial charge in [0, 0.05) is 30.3 Å². The normalized spacial score (nSPS) is 13.8. The number of hydrogen-bond acceptors (Lipinski definition) is 7. The molecule has 1 N–H and O–H groups in total. The topological polar surface area (TPSA) is 111 Å². The molecule has 40 heavy (non-hydrogen) atoms. The lowest BCUT2D eigenvalue weighted by Crippen LogP contribution is -2.46. The predicted octanol–water partition coefficient (Wildman–Crippen LogP) is 5.94. The van der Waals surface area contributed by atoms with Crippen LogP contribution < -0.4 is 15.0 Å². The molecule has 2 heterocycles. The Morgan fingerprint density at radius 3 is 2.23 bits per heavy atom. The maximum Gasteiger partial charge on any atom is 0.407 e. The van der Waals surface area contributed by atoms with Crippen LogP contribution in [0.3, 0.4) is 0 Å². The minimum atomic E-state index is -0.730. The Bertz CT molecular complexity index is 1510. The molecular formula is C30H29F2N5O3. The Labute approximate surface area is 231 Å². The van der Waals surface area contributed by atoms with E-state index in [1.165, 1.54) is 31.4 Å². The third-order valence-corrected chi connectivity index (χ3v) is 6.47. The number of alkyl carbamates (subject to hydrolysis) is 1. The summed E-state index contributed by atoms with van der Waals surface area (Å²) in [6, 6.07) is 13.9. The standard InChI is InChI=1S/C30H29F2N5O3/c1-30(2,3)40-29(38)35-22-9-11-37(12-10-22)26-15-21(17-34)27(18-7-8-25(39-4)24(32)13-18)28(36-26)19-5-6-20(16-33)23(31)14-19/h5-8,13-15,22H,9-12H2,1-4H3,(H,35,38). The van der Waals surface area contributed by atoms with Crippen LogP contribution in [0.25, 0.3) is 22.4 Å². The van der Waals surface area contributed by atoms with Crippen molar-refractivity contribution in [3.05, 3.63) is 65.2 Å². The fraction of sp³-hybridized carbons (Fsp3) is 0.333. The average molecular weight is 546 g/mol. The van der Waals surface area contributed by atoms with Gasteiger partial charge < -0.3 is 19.7 Å². The molecule has 8 nitrogen and oxygen atoms in total. The van der Waals surface area contributed by atoms with Crippen molar-refractivity contribution in [2.24, 2.45) is 0 Å². The molecule has 1 saturated heterocycles. The number of carbonyl (C=O) groups excluding carboxylic acids is 1. The summed E-state index contributed by atoms with van der Waals surface area (Å²) in [4.78, 5) is 19.0. The zero-order valence-electron chi connectivity index (χ0n) is 22.7. The summed E-state index contributed by atoms with van der Waals surface area (Å²) in [6.07, 6.45) is 0.765. The number of hydrogen-bond donors (Lipinski definition) is 1. The van der Waals surface area contributed by atoms with Crippen molar-refractivity contribution in [1.29, 1.82) is 10.5 Å². The molecule has 0 aliphatic carbocycles. The van der Waals surface area contributed by atoms with Crippen molar-refractivity contribution < 1.29 is 23.0 Å². The van der Waals surface area contributed by atoms with E-state index < -0.39 is 23.3 Å². The van der Waals surface area contributed by atoms with Crippen molar-refractivity contribution in [3.8, 4) is 40.3 Å². The molecule has 1 aromatic heterocycles. The Morgan fingerprint density at radius 2 is 1.65 bits per heavy atom. The second kappa shape index (κ2) is 11.6. The minimum Gasteiger partial charge on any atom is -0.494 e. The number of nitrogens with one attached hydrogen (secondary N) is 1. The number of nitrogens with zero attached hydrogens (tertiary/aromatic N) is 4. The van der Waals surface area contributed by atoms with E-state index in [0.717, 1.165) is 0 Å². The first-order valence-corrected chi connectivity index (χ1v) is 12.8. The van der Waals surface area contributed by atoms with Crippen LogP contribution in [0.15, 0.2) is 42.5 Å². The lowest BCUT2D eigenvalue weighted by atomic mass is 9.94. The highest BCUT2D eigenvalue weighted by Crippen LogP contribution is 2.38. The van der Waals surface area contributed by atoms with E-state index in [9.17, 15) is 24.1 Å². The minimum absolute atomic E-state index is 0.0423. The van der Waals surface area contributed by atoms with Gasteiger partial charge in [0.2, 0.25) is 0 Å². The number of carbonyl (C=O) groups is 1. The predicted molar refractivity (Wildman–Crippen MR) is 146 cm³/mol. The molecule has 0 bridgehead atoms. The van der Waals surface area contributed by atoms with Crippen molar-refractivity contribution in [3.63, 3.8) is 0 Å². The van der Waals surface area contributed by atoms with E-state index in [-0.39, 0.29) is 28.6 Å². The van der Waals surface area contributed by atoms with Crippen LogP contribution in [0, 0.1) is 34.3 Å². The summed E-state index contributed by atoms with van der Waals surface area (Å²) in [5.41, 5.74) is 0.810. The molecule has 1 aliphatic rings. The molecule has 3 aromatic rings. The molecule has 1 aliphatic heterocycles. The molecular weight excluding hydrogens is 516 g/mol. The largest absolute Gasteiger partial charge is 0.494 e. The number of benzene rings is 2. The second-order valence-electron chi connectivity index (χ2n) is 10.4. The number of aromatic nitrogens is 1. The summed E-state index contributed by atoms with van der Waals surface area (Å²) in [5, 5.41) is 22.2. The van der Waals surface area contributed by atoms with Gasteiger partial charge in [-0.2, -0.15) is 10.5 Å². The third kappa shape index (κ3) is 6.29. The fourth-order valence-electron chi connectivity index (χ4n) is 4.58. The van der Waals surface area contributed by atoms with Crippen LogP contribution in [0.4, 0.5) is 19.4 Å². The van der Waals surface area contributed by atoms with Crippen LogP contribution in [-0.4, -0.2) is 42.9 Å². The first kappa shape index (κ1) is 28.3. The number of piperidine rings is 1. The zero-order valence-corrected chi connectivity index (χ0v) is 22.7. The Hall–Kier alpha value is -4.70. The lowest BCUT2D eigenvalue weighted by Gasteiger charge is -2.34. The smallest absolute Gasteiger partial charge is 0.407 e. The van der Waals surface area contributed by atoms with Crippen LogP contribution in [0.5, 0.6) is 5.75 Å². The molecule has 206 valence electrons. The van der Waals surface area contributed by atoms with Gasteiger partial charge in [0.15, 0.2) is 11.6 Å². The number of pyridine rings is 1. The van der Waals surface area contributed by atoms with E-state index >= 15 is 0 Å². The summed E-state index contributed by atoms with van der Waals surface area (Å²) < 4.78 is 39.7. The molecule has 1 fully saturated rings. The molecule has 0 spiro atoms. The third-order valence-electron chi connectivity index (χ3n) is 6.47. The second-order valence-corrected chi connectivity index (χ2v) is 10.4. The number of amides is 1. The van der Waals surface area contributed by atoms with Gasteiger partial charge in [0.1, 0.15) is 23.3 Å². The highest BCUT2D eigenvalue weighted by molar-refractivity contribution is 5.87. The maximum absolute atomic E-state index is 14.7. The van der Waals surface area contributed by atoms with Gasteiger partial charge in [-0.3, -0.25) is 0 Å². The zero-order chi connectivity index (χ0) is 29.0. The van der Waals surface area contributed by atoms with Gasteiger partial charge in [0.25, 0.3) is 0 Å². The molecule has 10 heteroatoms. The van der Waals surface area contributed by atoms with Gasteiger partial charge >= 0.3 is 6.09 Å². The van der Waals surface area contributed by atoms with Gasteiger partial charge in [0.05, 0.1) is 30.0 Å². The highest BCUT2D eigenvalue weighted by atomic mass is 19.1. The Morgan fingerprint density at radius 1 is 1.00 bits per heavy atom. The molecule has 0 atom stereocenters. The average Bonchev–Trinajstić information content (AvgIpc) is 2.91. The van der Waals surface area contributed by atoms with Crippen LogP contribution >= 0.6 is 0 Å². The summed E-state index contributed by atoms with van der Waals surface area (Å²) in [5.74, 6) is -0.818. The van der Waals surface area contributed by atoms with Gasteiger partial charge in [-0.1, -0.05) is 12.1 Å². The highest BCUT2D eigenvalue weighted by Gasteiger charge is 2.26. The fourth-order valence-corrected chi connectivity index (χ4v) is 4.58. The van der Waals surface area contributed by atoms with E-state index in [0.29, 0.717) is 48.4 Å². The monoisotopic (exact) mass is 545 g/mol. The van der Waals surface area contributed by atoms with Gasteiger partial charge in [-0.15, -0.1) is 0 Å². The summed E-state index contributed by atoms with van der Waals surface area (Å²) >= 11 is 0. The van der Waals surface area contributed by atoms with Crippen molar-refractivity contribution >= 4 is 11.9 Å². The van der Waals surface area contributed by atoms with Crippen LogP contribution in [0.2, 0.25) is 0 Å². The number of ether oxygens (including phenoxy) is 2. The molecule has 0 unspecified atom stereocenters. The number of nitriles is 2. The van der Waals surface area contributed by atoms with Crippen LogP contribution in [-0.2, 0) is 4.74 Å². The van der Waals surface area contributed by atoms with Gasteiger partial charge in [-0.05, 0) is 69.5 Å². The molecule has 4 rings (SSSR count). The van der Waals surface area contributed by atoms with Crippen LogP contribution in [0.1, 0.15) is 44.7 Å². The SMILES string of the molecule is COc1ccc(-c2c(C#N)cc(N3CCC(NC(=O)OC(C)(C)C)CC3)nc2-c2ccc(C#N)c(F)c2)cc1F. The first-order valence-electron chi connectivity index (χ1n) is 12.8. The molecule has 2 aromatic carbocycles. The number of rotatable bonds is 5. The lowest BCUT2D eigenvalue weighted by molar-refractivity contribution is 0.0497. The van der Waals surface area contributed by atoms with Crippen molar-refractivity contribution in [2.75, 3.05) is 25.1 Å². The maximum atomic E-state index is 14.7. The van der Waals surface area contributed by atoms with E-state index in [1.807, 2.05) is 4.90 Å². The van der Waals surface area contributed by atoms with Crippen molar-refractivity contribution in [2.45, 2.75) is 45.3 Å². The quantitative estimate of drug-likeness (QED) is 0.422. The molecule has 0 radical (unpaired) electrons. The van der Waals surface area contributed by atoms with Gasteiger partial charge in [-0.25, -0.2) is 18.6 Å². The number of methoxy groups -OCH3 is 1. The number of anilines is 1. The summed E-state index contributed by atoms with van der Waals surface area (Å²) in [6.45, 7) is 6.48. The molecule has 0 saturated carbocycles. The Balaban J connectivity index is 1.72. The Kier molecular flexibility index (Phi) is 8.20. The van der Waals surface area contributed by atoms with E-state index in [4.69, 9.17) is 14.5 Å². The first-order chi connectivity index (χ1) is 19.0. The van der Waals surface area contributed by atoms with E-state index in [2.05, 4.69) is 11.4 Å². The van der Waals surface area contributed by atoms with E-state index in [1.54, 1.807) is 45.0 Å².